The molecule has 1 aliphatic rings. The Kier molecular flexibility index (Phi) is 6.19. The molecule has 160 valence electrons. The first-order valence-corrected chi connectivity index (χ1v) is 11.3. The minimum absolute atomic E-state index is 0.209. The molecule has 0 bridgehead atoms. The Morgan fingerprint density at radius 2 is 1.76 bits per heavy atom. The van der Waals surface area contributed by atoms with E-state index in [9.17, 15) is 8.42 Å². The van der Waals surface area contributed by atoms with E-state index in [1.54, 1.807) is 10.4 Å². The van der Waals surface area contributed by atoms with Crippen molar-refractivity contribution in [1.29, 1.82) is 0 Å². The first kappa shape index (κ1) is 22.0. The number of hydrogen-bond acceptors (Lipinski definition) is 6. The fourth-order valence-corrected chi connectivity index (χ4v) is 5.12. The third-order valence-corrected chi connectivity index (χ3v) is 7.18. The number of hydrogen-bond donors (Lipinski definition) is 0. The van der Waals surface area contributed by atoms with Gasteiger partial charge in [0.05, 0.1) is 22.9 Å². The maximum Gasteiger partial charge on any atom is 0.243 e. The van der Waals surface area contributed by atoms with Gasteiger partial charge in [0, 0.05) is 31.7 Å². The Balaban J connectivity index is 1.79. The summed E-state index contributed by atoms with van der Waals surface area (Å²) < 4.78 is 39.4. The molecule has 1 aromatic heterocycles. The van der Waals surface area contributed by atoms with Crippen molar-refractivity contribution in [3.8, 4) is 11.1 Å². The van der Waals surface area contributed by atoms with Crippen molar-refractivity contribution in [2.75, 3.05) is 32.9 Å². The normalized spacial score (nSPS) is 17.0. The van der Waals surface area contributed by atoms with Crippen molar-refractivity contribution in [2.24, 2.45) is 0 Å². The topological polar surface area (TPSA) is 75.9 Å². The van der Waals surface area contributed by atoms with Crippen molar-refractivity contribution in [1.82, 2.24) is 14.4 Å². The van der Waals surface area contributed by atoms with Gasteiger partial charge in [-0.1, -0.05) is 17.3 Å². The Hall–Kier alpha value is -1.74. The summed E-state index contributed by atoms with van der Waals surface area (Å²) in [5.41, 5.74) is 2.94. The highest BCUT2D eigenvalue weighted by Crippen LogP contribution is 2.31. The van der Waals surface area contributed by atoms with Crippen LogP contribution < -0.4 is 0 Å². The lowest BCUT2D eigenvalue weighted by atomic mass is 10.0. The zero-order valence-electron chi connectivity index (χ0n) is 18.2. The van der Waals surface area contributed by atoms with Crippen LogP contribution >= 0.6 is 0 Å². The number of benzene rings is 1. The number of piperazine rings is 1. The van der Waals surface area contributed by atoms with Gasteiger partial charge in [0.2, 0.25) is 10.0 Å². The lowest BCUT2D eigenvalue weighted by Gasteiger charge is -2.35. The van der Waals surface area contributed by atoms with E-state index in [1.165, 1.54) is 0 Å². The predicted octanol–water partition coefficient (Wildman–Crippen LogP) is 3.35. The molecule has 2 heterocycles. The van der Waals surface area contributed by atoms with E-state index in [2.05, 4.69) is 10.1 Å². The number of ether oxygens (including phenoxy) is 1. The van der Waals surface area contributed by atoms with Crippen molar-refractivity contribution >= 4 is 10.0 Å². The van der Waals surface area contributed by atoms with E-state index in [-0.39, 0.29) is 5.60 Å². The molecule has 0 N–H and O–H groups in total. The van der Waals surface area contributed by atoms with Crippen LogP contribution in [0.5, 0.6) is 0 Å². The number of nitrogens with zero attached hydrogens (tertiary/aromatic N) is 3. The minimum atomic E-state index is -3.58. The summed E-state index contributed by atoms with van der Waals surface area (Å²) in [6.45, 7) is 14.3. The van der Waals surface area contributed by atoms with Crippen LogP contribution in [0.15, 0.2) is 27.6 Å². The molecule has 7 nitrogen and oxygen atoms in total. The SMILES string of the molecule is Cc1ccc(-c2c(C)noc2C)cc1S(=O)(=O)N1CCN(COC(C)(C)C)CC1. The van der Waals surface area contributed by atoms with E-state index < -0.39 is 10.0 Å². The van der Waals surface area contributed by atoms with Crippen LogP contribution in [0.1, 0.15) is 37.8 Å². The van der Waals surface area contributed by atoms with Gasteiger partial charge in [-0.3, -0.25) is 4.90 Å². The fraction of sp³-hybridized carbons (Fsp3) is 0.571. The highest BCUT2D eigenvalue weighted by Gasteiger charge is 2.30. The Morgan fingerprint density at radius 1 is 1.10 bits per heavy atom. The number of rotatable bonds is 5. The fourth-order valence-electron chi connectivity index (χ4n) is 3.45. The van der Waals surface area contributed by atoms with Crippen LogP contribution in [0, 0.1) is 20.8 Å². The van der Waals surface area contributed by atoms with Gasteiger partial charge in [-0.2, -0.15) is 4.31 Å². The second-order valence-electron chi connectivity index (χ2n) is 8.59. The van der Waals surface area contributed by atoms with Crippen LogP contribution in [0.2, 0.25) is 0 Å². The smallest absolute Gasteiger partial charge is 0.243 e. The first-order valence-electron chi connectivity index (χ1n) is 9.89. The molecule has 1 saturated heterocycles. The lowest BCUT2D eigenvalue weighted by molar-refractivity contribution is -0.0698. The summed E-state index contributed by atoms with van der Waals surface area (Å²) in [4.78, 5) is 2.49. The highest BCUT2D eigenvalue weighted by atomic mass is 32.2. The predicted molar refractivity (Wildman–Crippen MR) is 112 cm³/mol. The molecule has 3 rings (SSSR count). The molecule has 0 radical (unpaired) electrons. The third kappa shape index (κ3) is 4.88. The molecule has 29 heavy (non-hydrogen) atoms. The highest BCUT2D eigenvalue weighted by molar-refractivity contribution is 7.89. The summed E-state index contributed by atoms with van der Waals surface area (Å²) in [5.74, 6) is 0.683. The van der Waals surface area contributed by atoms with E-state index in [1.807, 2.05) is 53.7 Å². The summed E-state index contributed by atoms with van der Waals surface area (Å²) in [7, 11) is -3.58. The molecule has 8 heteroatoms. The van der Waals surface area contributed by atoms with Gasteiger partial charge in [0.15, 0.2) is 0 Å². The standard InChI is InChI=1S/C21H31N3O4S/c1-15-7-8-18(20-16(2)22-28-17(20)3)13-19(15)29(25,26)24-11-9-23(10-12-24)14-27-21(4,5)6/h7-8,13H,9-12,14H2,1-6H3. The van der Waals surface area contributed by atoms with Crippen molar-refractivity contribution in [3.63, 3.8) is 0 Å². The van der Waals surface area contributed by atoms with E-state index in [0.717, 1.165) is 22.4 Å². The Morgan fingerprint density at radius 3 is 2.31 bits per heavy atom. The summed E-state index contributed by atoms with van der Waals surface area (Å²) >= 11 is 0. The maximum atomic E-state index is 13.4. The van der Waals surface area contributed by atoms with Gasteiger partial charge in [0.1, 0.15) is 5.76 Å². The quantitative estimate of drug-likeness (QED) is 0.737. The van der Waals surface area contributed by atoms with Crippen LogP contribution in [-0.4, -0.2) is 61.3 Å². The molecule has 0 atom stereocenters. The van der Waals surface area contributed by atoms with Crippen LogP contribution in [0.3, 0.4) is 0 Å². The molecule has 0 spiro atoms. The molecule has 0 unspecified atom stereocenters. The number of aromatic nitrogens is 1. The summed E-state index contributed by atoms with van der Waals surface area (Å²) in [5, 5.41) is 3.99. The van der Waals surface area contributed by atoms with Crippen molar-refractivity contribution in [3.05, 3.63) is 35.2 Å². The van der Waals surface area contributed by atoms with Gasteiger partial charge in [-0.05, 0) is 58.7 Å². The zero-order chi connectivity index (χ0) is 21.4. The average molecular weight is 422 g/mol. The average Bonchev–Trinajstić information content (AvgIpc) is 2.98. The van der Waals surface area contributed by atoms with Gasteiger partial charge in [0.25, 0.3) is 0 Å². The van der Waals surface area contributed by atoms with Crippen molar-refractivity contribution in [2.45, 2.75) is 52.0 Å². The summed E-state index contributed by atoms with van der Waals surface area (Å²) in [6.07, 6.45) is 0. The van der Waals surface area contributed by atoms with E-state index >= 15 is 0 Å². The molecule has 0 amide bonds. The van der Waals surface area contributed by atoms with Gasteiger partial charge < -0.3 is 9.26 Å². The molecule has 0 saturated carbocycles. The van der Waals surface area contributed by atoms with Crippen LogP contribution in [-0.2, 0) is 14.8 Å². The summed E-state index contributed by atoms with van der Waals surface area (Å²) in [6, 6.07) is 5.51. The second-order valence-corrected chi connectivity index (χ2v) is 10.5. The third-order valence-electron chi connectivity index (χ3n) is 5.14. The molecular weight excluding hydrogens is 390 g/mol. The van der Waals surface area contributed by atoms with Gasteiger partial charge in [-0.25, -0.2) is 8.42 Å². The molecule has 0 aliphatic carbocycles. The maximum absolute atomic E-state index is 13.4. The van der Waals surface area contributed by atoms with E-state index in [4.69, 9.17) is 9.26 Å². The second kappa shape index (κ2) is 8.18. The number of aryl methyl sites for hydroxylation is 3. The van der Waals surface area contributed by atoms with Crippen molar-refractivity contribution < 1.29 is 17.7 Å². The Labute approximate surface area is 173 Å². The number of sulfonamides is 1. The monoisotopic (exact) mass is 421 g/mol. The van der Waals surface area contributed by atoms with Crippen LogP contribution in [0.4, 0.5) is 0 Å². The Bertz CT molecular complexity index is 949. The minimum Gasteiger partial charge on any atom is -0.361 e. The van der Waals surface area contributed by atoms with Gasteiger partial charge in [-0.15, -0.1) is 0 Å². The van der Waals surface area contributed by atoms with Gasteiger partial charge >= 0.3 is 0 Å². The molecule has 1 aliphatic heterocycles. The molecular formula is C21H31N3O4S. The zero-order valence-corrected chi connectivity index (χ0v) is 19.0. The molecule has 2 aromatic rings. The molecule has 1 fully saturated rings. The largest absolute Gasteiger partial charge is 0.361 e. The molecule has 1 aromatic carbocycles. The lowest BCUT2D eigenvalue weighted by Crippen LogP contribution is -2.49. The van der Waals surface area contributed by atoms with E-state index in [0.29, 0.717) is 43.6 Å². The van der Waals surface area contributed by atoms with Crippen LogP contribution in [0.25, 0.3) is 11.1 Å². The first-order chi connectivity index (χ1) is 13.5.